The SMILES string of the molecule is CCN[C@H](C)CNC(=O)CCc1c(C)nn(C)c1C. The number of hydrogen-bond acceptors (Lipinski definition) is 3. The van der Waals surface area contributed by atoms with Crippen LogP contribution < -0.4 is 10.6 Å². The molecule has 2 N–H and O–H groups in total. The molecule has 19 heavy (non-hydrogen) atoms. The van der Waals surface area contributed by atoms with Crippen molar-refractivity contribution in [3.63, 3.8) is 0 Å². The largest absolute Gasteiger partial charge is 0.355 e. The lowest BCUT2D eigenvalue weighted by Crippen LogP contribution is -2.38. The minimum Gasteiger partial charge on any atom is -0.355 e. The molecule has 0 bridgehead atoms. The van der Waals surface area contributed by atoms with E-state index in [0.29, 0.717) is 19.0 Å². The molecule has 0 aromatic carbocycles. The monoisotopic (exact) mass is 266 g/mol. The first-order valence-electron chi connectivity index (χ1n) is 6.94. The van der Waals surface area contributed by atoms with Crippen LogP contribution in [0, 0.1) is 13.8 Å². The van der Waals surface area contributed by atoms with E-state index in [2.05, 4.69) is 29.6 Å². The van der Waals surface area contributed by atoms with Crippen LogP contribution in [0.15, 0.2) is 0 Å². The lowest BCUT2D eigenvalue weighted by molar-refractivity contribution is -0.121. The summed E-state index contributed by atoms with van der Waals surface area (Å²) in [6, 6.07) is 0.316. The van der Waals surface area contributed by atoms with Gasteiger partial charge in [0.1, 0.15) is 0 Å². The van der Waals surface area contributed by atoms with Gasteiger partial charge in [0, 0.05) is 31.7 Å². The van der Waals surface area contributed by atoms with E-state index < -0.39 is 0 Å². The van der Waals surface area contributed by atoms with Crippen LogP contribution in [-0.2, 0) is 18.3 Å². The smallest absolute Gasteiger partial charge is 0.220 e. The summed E-state index contributed by atoms with van der Waals surface area (Å²) in [5, 5.41) is 10.6. The number of amides is 1. The number of hydrogen-bond donors (Lipinski definition) is 2. The van der Waals surface area contributed by atoms with E-state index in [1.165, 1.54) is 5.56 Å². The number of likely N-dealkylation sites (N-methyl/N-ethyl adjacent to an activating group) is 1. The number of nitrogens with one attached hydrogen (secondary N) is 2. The average Bonchev–Trinajstić information content (AvgIpc) is 2.59. The van der Waals surface area contributed by atoms with Crippen LogP contribution in [0.1, 0.15) is 37.2 Å². The second kappa shape index (κ2) is 7.28. The normalized spacial score (nSPS) is 12.5. The predicted molar refractivity (Wildman–Crippen MR) is 77.2 cm³/mol. The van der Waals surface area contributed by atoms with Crippen molar-refractivity contribution in [2.75, 3.05) is 13.1 Å². The molecule has 0 saturated carbocycles. The summed E-state index contributed by atoms with van der Waals surface area (Å²) >= 11 is 0. The molecular formula is C14H26N4O. The van der Waals surface area contributed by atoms with Gasteiger partial charge in [0.05, 0.1) is 5.69 Å². The molecule has 0 aliphatic rings. The Labute approximate surface area is 115 Å². The van der Waals surface area contributed by atoms with Crippen molar-refractivity contribution in [2.24, 2.45) is 7.05 Å². The van der Waals surface area contributed by atoms with Crippen molar-refractivity contribution in [1.82, 2.24) is 20.4 Å². The third-order valence-electron chi connectivity index (χ3n) is 3.42. The zero-order chi connectivity index (χ0) is 14.4. The summed E-state index contributed by atoms with van der Waals surface area (Å²) in [7, 11) is 1.93. The number of carbonyl (C=O) groups is 1. The highest BCUT2D eigenvalue weighted by Crippen LogP contribution is 2.13. The van der Waals surface area contributed by atoms with Gasteiger partial charge in [-0.15, -0.1) is 0 Å². The van der Waals surface area contributed by atoms with E-state index >= 15 is 0 Å². The van der Waals surface area contributed by atoms with E-state index in [1.807, 2.05) is 25.6 Å². The van der Waals surface area contributed by atoms with Crippen molar-refractivity contribution in [3.05, 3.63) is 17.0 Å². The first-order valence-corrected chi connectivity index (χ1v) is 6.94. The fourth-order valence-electron chi connectivity index (χ4n) is 2.19. The summed E-state index contributed by atoms with van der Waals surface area (Å²) in [6.45, 7) is 9.77. The van der Waals surface area contributed by atoms with Gasteiger partial charge in [-0.1, -0.05) is 6.92 Å². The average molecular weight is 266 g/mol. The Morgan fingerprint density at radius 1 is 1.42 bits per heavy atom. The Morgan fingerprint density at radius 2 is 2.11 bits per heavy atom. The molecule has 5 heteroatoms. The van der Waals surface area contributed by atoms with E-state index in [9.17, 15) is 4.79 Å². The second-order valence-electron chi connectivity index (χ2n) is 5.04. The third kappa shape index (κ3) is 4.67. The molecule has 1 aromatic rings. The number of aromatic nitrogens is 2. The summed E-state index contributed by atoms with van der Waals surface area (Å²) in [5.41, 5.74) is 3.36. The van der Waals surface area contributed by atoms with Gasteiger partial charge in [0.25, 0.3) is 0 Å². The van der Waals surface area contributed by atoms with E-state index in [4.69, 9.17) is 0 Å². The Balaban J connectivity index is 2.38. The van der Waals surface area contributed by atoms with Gasteiger partial charge >= 0.3 is 0 Å². The van der Waals surface area contributed by atoms with Gasteiger partial charge in [0.2, 0.25) is 5.91 Å². The predicted octanol–water partition coefficient (Wildman–Crippen LogP) is 1.08. The van der Waals surface area contributed by atoms with Crippen LogP contribution >= 0.6 is 0 Å². The molecule has 1 atom stereocenters. The van der Waals surface area contributed by atoms with Crippen LogP contribution in [0.5, 0.6) is 0 Å². The Morgan fingerprint density at radius 3 is 2.63 bits per heavy atom. The highest BCUT2D eigenvalue weighted by molar-refractivity contribution is 5.76. The van der Waals surface area contributed by atoms with Crippen molar-refractivity contribution in [3.8, 4) is 0 Å². The maximum atomic E-state index is 11.8. The first kappa shape index (κ1) is 15.7. The molecule has 5 nitrogen and oxygen atoms in total. The van der Waals surface area contributed by atoms with Crippen LogP contribution in [0.25, 0.3) is 0 Å². The number of rotatable bonds is 7. The number of nitrogens with zero attached hydrogens (tertiary/aromatic N) is 2. The molecule has 0 unspecified atom stereocenters. The molecular weight excluding hydrogens is 240 g/mol. The molecule has 108 valence electrons. The van der Waals surface area contributed by atoms with Crippen molar-refractivity contribution >= 4 is 5.91 Å². The molecule has 1 rings (SSSR count). The molecule has 1 aromatic heterocycles. The lowest BCUT2D eigenvalue weighted by Gasteiger charge is -2.13. The lowest BCUT2D eigenvalue weighted by atomic mass is 10.1. The molecule has 0 fully saturated rings. The molecule has 0 spiro atoms. The minimum absolute atomic E-state index is 0.104. The van der Waals surface area contributed by atoms with Crippen molar-refractivity contribution in [2.45, 2.75) is 46.6 Å². The summed E-state index contributed by atoms with van der Waals surface area (Å²) < 4.78 is 1.87. The first-order chi connectivity index (χ1) is 8.95. The molecule has 1 heterocycles. The highest BCUT2D eigenvalue weighted by Gasteiger charge is 2.11. The molecule has 0 radical (unpaired) electrons. The van der Waals surface area contributed by atoms with E-state index in [-0.39, 0.29) is 5.91 Å². The Kier molecular flexibility index (Phi) is 6.02. The quantitative estimate of drug-likeness (QED) is 0.776. The second-order valence-corrected chi connectivity index (χ2v) is 5.04. The van der Waals surface area contributed by atoms with E-state index in [0.717, 1.165) is 24.4 Å². The zero-order valence-electron chi connectivity index (χ0n) is 12.7. The molecule has 0 aliphatic carbocycles. The van der Waals surface area contributed by atoms with Crippen LogP contribution in [0.4, 0.5) is 0 Å². The molecule has 0 saturated heterocycles. The maximum absolute atomic E-state index is 11.8. The van der Waals surface area contributed by atoms with Gasteiger partial charge in [-0.25, -0.2) is 0 Å². The fourth-order valence-corrected chi connectivity index (χ4v) is 2.19. The van der Waals surface area contributed by atoms with Crippen LogP contribution in [-0.4, -0.2) is 34.8 Å². The third-order valence-corrected chi connectivity index (χ3v) is 3.42. The fraction of sp³-hybridized carbons (Fsp3) is 0.714. The Hall–Kier alpha value is -1.36. The van der Waals surface area contributed by atoms with Gasteiger partial charge in [-0.2, -0.15) is 5.10 Å². The van der Waals surface area contributed by atoms with Gasteiger partial charge in [-0.3, -0.25) is 9.48 Å². The molecule has 0 aliphatic heterocycles. The van der Waals surface area contributed by atoms with Crippen molar-refractivity contribution < 1.29 is 4.79 Å². The van der Waals surface area contributed by atoms with E-state index in [1.54, 1.807) is 0 Å². The summed E-state index contributed by atoms with van der Waals surface area (Å²) in [6.07, 6.45) is 1.28. The molecule has 1 amide bonds. The van der Waals surface area contributed by atoms with Crippen molar-refractivity contribution in [1.29, 1.82) is 0 Å². The van der Waals surface area contributed by atoms with Gasteiger partial charge in [0.15, 0.2) is 0 Å². The highest BCUT2D eigenvalue weighted by atomic mass is 16.1. The van der Waals surface area contributed by atoms with Gasteiger partial charge < -0.3 is 10.6 Å². The minimum atomic E-state index is 0.104. The summed E-state index contributed by atoms with van der Waals surface area (Å²) in [4.78, 5) is 11.8. The number of aryl methyl sites for hydroxylation is 2. The van der Waals surface area contributed by atoms with Crippen LogP contribution in [0.2, 0.25) is 0 Å². The Bertz CT molecular complexity index is 425. The van der Waals surface area contributed by atoms with Gasteiger partial charge in [-0.05, 0) is 39.3 Å². The summed E-state index contributed by atoms with van der Waals surface area (Å²) in [5.74, 6) is 0.104. The number of carbonyl (C=O) groups excluding carboxylic acids is 1. The van der Waals surface area contributed by atoms with Crippen LogP contribution in [0.3, 0.4) is 0 Å². The maximum Gasteiger partial charge on any atom is 0.220 e. The standard InChI is InChI=1S/C14H26N4O/c1-6-15-10(2)9-16-14(19)8-7-13-11(3)17-18(5)12(13)4/h10,15H,6-9H2,1-5H3,(H,16,19)/t10-/m1/s1. The zero-order valence-corrected chi connectivity index (χ0v) is 12.7. The topological polar surface area (TPSA) is 58.9 Å².